The van der Waals surface area contributed by atoms with E-state index in [2.05, 4.69) is 0 Å². The monoisotopic (exact) mass is 221 g/mol. The molecule has 0 aliphatic carbocycles. The summed E-state index contributed by atoms with van der Waals surface area (Å²) in [4.78, 5) is 13.2. The van der Waals surface area contributed by atoms with E-state index in [1.807, 2.05) is 41.4 Å². The van der Waals surface area contributed by atoms with Crippen LogP contribution in [0.4, 0.5) is 0 Å². The van der Waals surface area contributed by atoms with E-state index in [0.29, 0.717) is 13.0 Å². The van der Waals surface area contributed by atoms with E-state index in [4.69, 9.17) is 11.6 Å². The fourth-order valence-corrected chi connectivity index (χ4v) is 1.87. The Morgan fingerprint density at radius 3 is 3.00 bits per heavy atom. The minimum absolute atomic E-state index is 0.263. The number of carbonyl (C=O) groups excluding carboxylic acids is 1. The zero-order valence-electron chi connectivity index (χ0n) is 8.32. The van der Waals surface area contributed by atoms with Gasteiger partial charge >= 0.3 is 0 Å². The first-order chi connectivity index (χ1) is 7.24. The van der Waals surface area contributed by atoms with Crippen molar-refractivity contribution in [2.75, 3.05) is 6.54 Å². The summed E-state index contributed by atoms with van der Waals surface area (Å²) in [6.45, 7) is 1.24. The molecule has 0 aromatic heterocycles. The molecule has 0 saturated carbocycles. The maximum atomic E-state index is 11.2. The number of benzene rings is 1. The molecule has 0 fully saturated rings. The van der Waals surface area contributed by atoms with Gasteiger partial charge in [0, 0.05) is 18.0 Å². The highest BCUT2D eigenvalue weighted by Crippen LogP contribution is 2.14. The second kappa shape index (κ2) is 4.49. The zero-order valence-corrected chi connectivity index (χ0v) is 9.07. The van der Waals surface area contributed by atoms with Crippen LogP contribution >= 0.6 is 11.6 Å². The molecule has 15 heavy (non-hydrogen) atoms. The molecule has 0 atom stereocenters. The van der Waals surface area contributed by atoms with Crippen LogP contribution in [-0.4, -0.2) is 17.2 Å². The third-order valence-corrected chi connectivity index (χ3v) is 2.55. The van der Waals surface area contributed by atoms with Crippen LogP contribution in [0.2, 0.25) is 5.02 Å². The third-order valence-electron chi connectivity index (χ3n) is 2.32. The number of Topliss-reactive ketones (excluding diaryl/α,β-unsaturated/α-hetero) is 1. The van der Waals surface area contributed by atoms with Gasteiger partial charge in [0.05, 0.1) is 6.54 Å². The quantitative estimate of drug-likeness (QED) is 0.765. The summed E-state index contributed by atoms with van der Waals surface area (Å²) in [6, 6.07) is 7.71. The predicted molar refractivity (Wildman–Crippen MR) is 60.6 cm³/mol. The summed E-state index contributed by atoms with van der Waals surface area (Å²) in [5, 5.41) is 0.736. The molecule has 0 unspecified atom stereocenters. The molecular formula is C12H12ClNO. The topological polar surface area (TPSA) is 20.3 Å². The first-order valence-corrected chi connectivity index (χ1v) is 5.29. The lowest BCUT2D eigenvalue weighted by Gasteiger charge is -2.22. The molecule has 1 heterocycles. The van der Waals surface area contributed by atoms with E-state index in [1.54, 1.807) is 0 Å². The van der Waals surface area contributed by atoms with Gasteiger partial charge < -0.3 is 4.90 Å². The molecule has 0 spiro atoms. The van der Waals surface area contributed by atoms with E-state index >= 15 is 0 Å². The van der Waals surface area contributed by atoms with Crippen molar-refractivity contribution in [2.45, 2.75) is 13.0 Å². The van der Waals surface area contributed by atoms with Gasteiger partial charge in [-0.2, -0.15) is 0 Å². The largest absolute Gasteiger partial charge is 0.366 e. The number of rotatable bonds is 2. The van der Waals surface area contributed by atoms with Gasteiger partial charge in [0.15, 0.2) is 5.78 Å². The lowest BCUT2D eigenvalue weighted by atomic mass is 10.1. The molecule has 0 bridgehead atoms. The van der Waals surface area contributed by atoms with Gasteiger partial charge in [-0.25, -0.2) is 0 Å². The van der Waals surface area contributed by atoms with Crippen molar-refractivity contribution in [3.8, 4) is 0 Å². The maximum Gasteiger partial charge on any atom is 0.155 e. The number of nitrogens with zero attached hydrogens (tertiary/aromatic N) is 1. The number of halogens is 1. The van der Waals surface area contributed by atoms with E-state index in [-0.39, 0.29) is 5.78 Å². The van der Waals surface area contributed by atoms with Crippen molar-refractivity contribution in [2.24, 2.45) is 0 Å². The Morgan fingerprint density at radius 1 is 1.40 bits per heavy atom. The van der Waals surface area contributed by atoms with Crippen LogP contribution in [0.15, 0.2) is 36.5 Å². The Labute approximate surface area is 94.2 Å². The molecule has 0 N–H and O–H groups in total. The van der Waals surface area contributed by atoms with Crippen molar-refractivity contribution < 1.29 is 4.79 Å². The molecule has 2 rings (SSSR count). The smallest absolute Gasteiger partial charge is 0.155 e. The molecule has 1 aliphatic rings. The Hall–Kier alpha value is -1.28. The highest BCUT2D eigenvalue weighted by atomic mass is 35.5. The molecule has 3 heteroatoms. The van der Waals surface area contributed by atoms with Gasteiger partial charge in [-0.3, -0.25) is 4.79 Å². The Morgan fingerprint density at radius 2 is 2.27 bits per heavy atom. The van der Waals surface area contributed by atoms with Crippen LogP contribution in [0.5, 0.6) is 0 Å². The van der Waals surface area contributed by atoms with Gasteiger partial charge in [-0.05, 0) is 23.9 Å². The molecular weight excluding hydrogens is 210 g/mol. The van der Waals surface area contributed by atoms with Crippen LogP contribution in [0.25, 0.3) is 0 Å². The van der Waals surface area contributed by atoms with Crippen LogP contribution in [0, 0.1) is 0 Å². The van der Waals surface area contributed by atoms with E-state index < -0.39 is 0 Å². The number of hydrogen-bond donors (Lipinski definition) is 0. The standard InChI is InChI=1S/C12H12ClNO/c13-11-4-1-3-10(7-11)8-14-6-2-5-12(15)9-14/h1-4,6-7H,5,8-9H2. The van der Waals surface area contributed by atoms with Crippen LogP contribution < -0.4 is 0 Å². The van der Waals surface area contributed by atoms with Crippen molar-refractivity contribution in [1.82, 2.24) is 4.90 Å². The Kier molecular flexibility index (Phi) is 3.07. The minimum Gasteiger partial charge on any atom is -0.366 e. The second-order valence-electron chi connectivity index (χ2n) is 3.66. The van der Waals surface area contributed by atoms with E-state index in [0.717, 1.165) is 17.1 Å². The number of carbonyl (C=O) groups is 1. The third kappa shape index (κ3) is 2.83. The molecule has 1 aromatic carbocycles. The number of ketones is 1. The molecule has 1 aromatic rings. The van der Waals surface area contributed by atoms with Gasteiger partial charge in [0.25, 0.3) is 0 Å². The number of hydrogen-bond acceptors (Lipinski definition) is 2. The molecule has 2 nitrogen and oxygen atoms in total. The summed E-state index contributed by atoms with van der Waals surface area (Å²) in [5.41, 5.74) is 1.13. The van der Waals surface area contributed by atoms with Gasteiger partial charge in [-0.15, -0.1) is 0 Å². The highest BCUT2D eigenvalue weighted by molar-refractivity contribution is 6.30. The van der Waals surface area contributed by atoms with Gasteiger partial charge in [-0.1, -0.05) is 29.8 Å². The molecule has 0 saturated heterocycles. The van der Waals surface area contributed by atoms with Crippen molar-refractivity contribution in [1.29, 1.82) is 0 Å². The molecule has 0 radical (unpaired) electrons. The highest BCUT2D eigenvalue weighted by Gasteiger charge is 2.10. The van der Waals surface area contributed by atoms with E-state index in [1.165, 1.54) is 0 Å². The number of allylic oxidation sites excluding steroid dienone is 1. The normalized spacial score (nSPS) is 15.8. The van der Waals surface area contributed by atoms with Crippen molar-refractivity contribution >= 4 is 17.4 Å². The van der Waals surface area contributed by atoms with Gasteiger partial charge in [0.1, 0.15) is 0 Å². The average Bonchev–Trinajstić information content (AvgIpc) is 2.17. The molecule has 0 amide bonds. The Balaban J connectivity index is 2.05. The fraction of sp³-hybridized carbons (Fsp3) is 0.250. The van der Waals surface area contributed by atoms with Crippen molar-refractivity contribution in [3.05, 3.63) is 47.1 Å². The average molecular weight is 222 g/mol. The van der Waals surface area contributed by atoms with Gasteiger partial charge in [0.2, 0.25) is 0 Å². The second-order valence-corrected chi connectivity index (χ2v) is 4.10. The molecule has 78 valence electrons. The zero-order chi connectivity index (χ0) is 10.7. The van der Waals surface area contributed by atoms with Crippen LogP contribution in [-0.2, 0) is 11.3 Å². The minimum atomic E-state index is 0.263. The summed E-state index contributed by atoms with van der Waals surface area (Å²) >= 11 is 5.89. The summed E-state index contributed by atoms with van der Waals surface area (Å²) in [5.74, 6) is 0.263. The van der Waals surface area contributed by atoms with E-state index in [9.17, 15) is 4.79 Å². The predicted octanol–water partition coefficient (Wildman–Crippen LogP) is 2.63. The Bertz CT molecular complexity index is 400. The fourth-order valence-electron chi connectivity index (χ4n) is 1.66. The van der Waals surface area contributed by atoms with Crippen LogP contribution in [0.1, 0.15) is 12.0 Å². The van der Waals surface area contributed by atoms with Crippen LogP contribution in [0.3, 0.4) is 0 Å². The molecule has 1 aliphatic heterocycles. The maximum absolute atomic E-state index is 11.2. The summed E-state index contributed by atoms with van der Waals surface area (Å²) < 4.78 is 0. The summed E-state index contributed by atoms with van der Waals surface area (Å²) in [6.07, 6.45) is 4.44. The first kappa shape index (κ1) is 10.2. The SMILES string of the molecule is O=C1CC=CN(Cc2cccc(Cl)c2)C1. The summed E-state index contributed by atoms with van der Waals surface area (Å²) in [7, 11) is 0. The van der Waals surface area contributed by atoms with Crippen molar-refractivity contribution in [3.63, 3.8) is 0 Å². The lowest BCUT2D eigenvalue weighted by Crippen LogP contribution is -2.27. The lowest BCUT2D eigenvalue weighted by molar-refractivity contribution is -0.119. The first-order valence-electron chi connectivity index (χ1n) is 4.91.